The predicted molar refractivity (Wildman–Crippen MR) is 68.9 cm³/mol. The standard InChI is InChI=1S/C14H19NO3/c1-11-2-4-13(5-3-11)18-7-6-15-9-12(10-15)8-14(16)17/h2-5,12H,6-10H2,1H3,(H,16,17). The number of hydrogen-bond acceptors (Lipinski definition) is 3. The van der Waals surface area contributed by atoms with E-state index in [0.717, 1.165) is 25.4 Å². The van der Waals surface area contributed by atoms with Crippen molar-refractivity contribution in [3.05, 3.63) is 29.8 Å². The topological polar surface area (TPSA) is 49.8 Å². The zero-order valence-corrected chi connectivity index (χ0v) is 10.6. The Kier molecular flexibility index (Phi) is 4.20. The van der Waals surface area contributed by atoms with Crippen LogP contribution in [-0.2, 0) is 4.79 Å². The van der Waals surface area contributed by atoms with Crippen LogP contribution in [0.5, 0.6) is 5.75 Å². The van der Waals surface area contributed by atoms with E-state index in [4.69, 9.17) is 9.84 Å². The largest absolute Gasteiger partial charge is 0.492 e. The molecule has 0 radical (unpaired) electrons. The highest BCUT2D eigenvalue weighted by Gasteiger charge is 2.27. The molecule has 18 heavy (non-hydrogen) atoms. The maximum Gasteiger partial charge on any atom is 0.303 e. The molecule has 2 rings (SSSR count). The molecule has 4 nitrogen and oxygen atoms in total. The Morgan fingerprint density at radius 2 is 2.06 bits per heavy atom. The average Bonchev–Trinajstić information content (AvgIpc) is 2.27. The fraction of sp³-hybridized carbons (Fsp3) is 0.500. The summed E-state index contributed by atoms with van der Waals surface area (Å²) in [5, 5.41) is 8.64. The van der Waals surface area contributed by atoms with Crippen LogP contribution in [0.25, 0.3) is 0 Å². The number of carboxylic acids is 1. The van der Waals surface area contributed by atoms with Crippen LogP contribution in [0.2, 0.25) is 0 Å². The molecule has 1 N–H and O–H groups in total. The van der Waals surface area contributed by atoms with Gasteiger partial charge in [-0.2, -0.15) is 0 Å². The molecule has 1 aliphatic rings. The molecule has 98 valence electrons. The lowest BCUT2D eigenvalue weighted by Gasteiger charge is -2.38. The molecule has 1 fully saturated rings. The summed E-state index contributed by atoms with van der Waals surface area (Å²) in [6.07, 6.45) is 0.287. The quantitative estimate of drug-likeness (QED) is 0.835. The van der Waals surface area contributed by atoms with E-state index in [1.807, 2.05) is 31.2 Å². The van der Waals surface area contributed by atoms with Crippen molar-refractivity contribution in [1.82, 2.24) is 4.90 Å². The smallest absolute Gasteiger partial charge is 0.303 e. The lowest BCUT2D eigenvalue weighted by Crippen LogP contribution is -2.48. The van der Waals surface area contributed by atoms with E-state index in [9.17, 15) is 4.79 Å². The predicted octanol–water partition coefficient (Wildman–Crippen LogP) is 1.78. The Bertz CT molecular complexity index is 396. The fourth-order valence-electron chi connectivity index (χ4n) is 2.16. The molecular weight excluding hydrogens is 230 g/mol. The van der Waals surface area contributed by atoms with Gasteiger partial charge in [-0.25, -0.2) is 0 Å². The van der Waals surface area contributed by atoms with Gasteiger partial charge in [0, 0.05) is 19.6 Å². The summed E-state index contributed by atoms with van der Waals surface area (Å²) in [6.45, 7) is 5.33. The number of nitrogens with zero attached hydrogens (tertiary/aromatic N) is 1. The minimum atomic E-state index is -0.699. The zero-order valence-electron chi connectivity index (χ0n) is 10.6. The highest BCUT2D eigenvalue weighted by molar-refractivity contribution is 5.67. The van der Waals surface area contributed by atoms with Gasteiger partial charge in [0.1, 0.15) is 12.4 Å². The second kappa shape index (κ2) is 5.87. The van der Waals surface area contributed by atoms with Crippen molar-refractivity contribution in [3.63, 3.8) is 0 Å². The van der Waals surface area contributed by atoms with Crippen LogP contribution in [0.3, 0.4) is 0 Å². The molecule has 4 heteroatoms. The van der Waals surface area contributed by atoms with E-state index in [1.54, 1.807) is 0 Å². The number of carbonyl (C=O) groups is 1. The van der Waals surface area contributed by atoms with Gasteiger partial charge < -0.3 is 9.84 Å². The molecule has 0 atom stereocenters. The van der Waals surface area contributed by atoms with Crippen LogP contribution in [0, 0.1) is 12.8 Å². The van der Waals surface area contributed by atoms with Crippen LogP contribution >= 0.6 is 0 Å². The Labute approximate surface area is 107 Å². The van der Waals surface area contributed by atoms with Crippen LogP contribution in [-0.4, -0.2) is 42.2 Å². The van der Waals surface area contributed by atoms with Crippen LogP contribution in [0.1, 0.15) is 12.0 Å². The Morgan fingerprint density at radius 1 is 1.39 bits per heavy atom. The number of benzene rings is 1. The second-order valence-corrected chi connectivity index (χ2v) is 4.88. The van der Waals surface area contributed by atoms with Crippen LogP contribution in [0.15, 0.2) is 24.3 Å². The lowest BCUT2D eigenvalue weighted by atomic mass is 9.97. The van der Waals surface area contributed by atoms with Gasteiger partial charge in [-0.1, -0.05) is 17.7 Å². The third-order valence-electron chi connectivity index (χ3n) is 3.19. The second-order valence-electron chi connectivity index (χ2n) is 4.88. The third kappa shape index (κ3) is 3.74. The third-order valence-corrected chi connectivity index (χ3v) is 3.19. The monoisotopic (exact) mass is 249 g/mol. The highest BCUT2D eigenvalue weighted by atomic mass is 16.5. The summed E-state index contributed by atoms with van der Waals surface area (Å²) in [5.74, 6) is 0.514. The van der Waals surface area contributed by atoms with Crippen molar-refractivity contribution >= 4 is 5.97 Å². The van der Waals surface area contributed by atoms with Crippen LogP contribution in [0.4, 0.5) is 0 Å². The lowest BCUT2D eigenvalue weighted by molar-refractivity contribution is -0.139. The van der Waals surface area contributed by atoms with Crippen molar-refractivity contribution in [2.24, 2.45) is 5.92 Å². The van der Waals surface area contributed by atoms with Gasteiger partial charge in [-0.3, -0.25) is 9.69 Å². The molecule has 1 heterocycles. The normalized spacial score (nSPS) is 16.3. The summed E-state index contributed by atoms with van der Waals surface area (Å²) >= 11 is 0. The van der Waals surface area contributed by atoms with Gasteiger partial charge in [-0.15, -0.1) is 0 Å². The van der Waals surface area contributed by atoms with Crippen molar-refractivity contribution < 1.29 is 14.6 Å². The molecular formula is C14H19NO3. The molecule has 1 aliphatic heterocycles. The van der Waals surface area contributed by atoms with E-state index in [0.29, 0.717) is 12.5 Å². The number of carboxylic acid groups (broad SMARTS) is 1. The maximum atomic E-state index is 10.5. The molecule has 0 saturated carbocycles. The van der Waals surface area contributed by atoms with Crippen molar-refractivity contribution in [2.45, 2.75) is 13.3 Å². The fourth-order valence-corrected chi connectivity index (χ4v) is 2.16. The zero-order chi connectivity index (χ0) is 13.0. The first-order valence-electron chi connectivity index (χ1n) is 6.27. The summed E-state index contributed by atoms with van der Waals surface area (Å²) in [6, 6.07) is 8.00. The SMILES string of the molecule is Cc1ccc(OCCN2CC(CC(=O)O)C2)cc1. The summed E-state index contributed by atoms with van der Waals surface area (Å²) in [7, 11) is 0. The van der Waals surface area contributed by atoms with Crippen molar-refractivity contribution in [3.8, 4) is 5.75 Å². The summed E-state index contributed by atoms with van der Waals surface area (Å²) in [4.78, 5) is 12.7. The Hall–Kier alpha value is -1.55. The summed E-state index contributed by atoms with van der Waals surface area (Å²) < 4.78 is 5.63. The van der Waals surface area contributed by atoms with Crippen molar-refractivity contribution in [1.29, 1.82) is 0 Å². The van der Waals surface area contributed by atoms with Gasteiger partial charge in [0.25, 0.3) is 0 Å². The molecule has 0 aliphatic carbocycles. The number of rotatable bonds is 6. The first-order chi connectivity index (χ1) is 8.63. The minimum Gasteiger partial charge on any atom is -0.492 e. The molecule has 1 saturated heterocycles. The highest BCUT2D eigenvalue weighted by Crippen LogP contribution is 2.18. The van der Waals surface area contributed by atoms with Crippen molar-refractivity contribution in [2.75, 3.05) is 26.2 Å². The average molecular weight is 249 g/mol. The molecule has 0 spiro atoms. The number of ether oxygens (including phenoxy) is 1. The Morgan fingerprint density at radius 3 is 2.67 bits per heavy atom. The van der Waals surface area contributed by atoms with Gasteiger partial charge in [0.15, 0.2) is 0 Å². The number of aryl methyl sites for hydroxylation is 1. The number of hydrogen-bond donors (Lipinski definition) is 1. The van der Waals surface area contributed by atoms with Crippen LogP contribution < -0.4 is 4.74 Å². The van der Waals surface area contributed by atoms with E-state index in [-0.39, 0.29) is 6.42 Å². The summed E-state index contributed by atoms with van der Waals surface area (Å²) in [5.41, 5.74) is 1.22. The first-order valence-corrected chi connectivity index (χ1v) is 6.27. The van der Waals surface area contributed by atoms with Gasteiger partial charge in [-0.05, 0) is 25.0 Å². The maximum absolute atomic E-state index is 10.5. The van der Waals surface area contributed by atoms with E-state index in [1.165, 1.54) is 5.56 Å². The van der Waals surface area contributed by atoms with E-state index < -0.39 is 5.97 Å². The Balaban J connectivity index is 1.60. The molecule has 0 amide bonds. The number of aliphatic carboxylic acids is 1. The van der Waals surface area contributed by atoms with Gasteiger partial charge >= 0.3 is 5.97 Å². The minimum absolute atomic E-state index is 0.287. The van der Waals surface area contributed by atoms with Gasteiger partial charge in [0.2, 0.25) is 0 Å². The van der Waals surface area contributed by atoms with E-state index >= 15 is 0 Å². The van der Waals surface area contributed by atoms with Gasteiger partial charge in [0.05, 0.1) is 6.42 Å². The molecule has 0 aromatic heterocycles. The van der Waals surface area contributed by atoms with E-state index in [2.05, 4.69) is 4.90 Å². The molecule has 0 bridgehead atoms. The first kappa shape index (κ1) is 12.9. The molecule has 1 aromatic rings. The number of likely N-dealkylation sites (tertiary alicyclic amines) is 1. The molecule has 0 unspecified atom stereocenters. The molecule has 1 aromatic carbocycles.